The zero-order chi connectivity index (χ0) is 11.3. The number of nitrogens with one attached hydrogen (secondary N) is 1. The standard InChI is InChI=1S/C10H17BrN2OS/c1-7(5-6-14-2)10(13-12)8-3-4-9(11)15-8/h3-4,7,10,13H,5-6,12H2,1-2H3. The molecule has 2 unspecified atom stereocenters. The van der Waals surface area contributed by atoms with Gasteiger partial charge in [0.05, 0.1) is 9.83 Å². The quantitative estimate of drug-likeness (QED) is 0.626. The van der Waals surface area contributed by atoms with Gasteiger partial charge in [0.15, 0.2) is 0 Å². The van der Waals surface area contributed by atoms with Crippen LogP contribution in [0.5, 0.6) is 0 Å². The van der Waals surface area contributed by atoms with E-state index in [2.05, 4.69) is 34.3 Å². The SMILES string of the molecule is COCCC(C)C(NN)c1ccc(Br)s1. The first-order valence-corrected chi connectivity index (χ1v) is 6.50. The van der Waals surface area contributed by atoms with Crippen LogP contribution < -0.4 is 11.3 Å². The molecule has 15 heavy (non-hydrogen) atoms. The van der Waals surface area contributed by atoms with Gasteiger partial charge in [-0.1, -0.05) is 6.92 Å². The van der Waals surface area contributed by atoms with Gasteiger partial charge in [-0.25, -0.2) is 0 Å². The number of methoxy groups -OCH3 is 1. The molecule has 3 nitrogen and oxygen atoms in total. The van der Waals surface area contributed by atoms with Gasteiger partial charge in [0.1, 0.15) is 0 Å². The third-order valence-corrected chi connectivity index (χ3v) is 4.13. The molecule has 0 bridgehead atoms. The van der Waals surface area contributed by atoms with Crippen molar-refractivity contribution < 1.29 is 4.74 Å². The largest absolute Gasteiger partial charge is 0.385 e. The second-order valence-electron chi connectivity index (χ2n) is 3.54. The van der Waals surface area contributed by atoms with Crippen LogP contribution in [0.1, 0.15) is 24.3 Å². The molecule has 0 spiro atoms. The van der Waals surface area contributed by atoms with E-state index in [-0.39, 0.29) is 6.04 Å². The van der Waals surface area contributed by atoms with Gasteiger partial charge >= 0.3 is 0 Å². The number of ether oxygens (including phenoxy) is 1. The van der Waals surface area contributed by atoms with Crippen LogP contribution >= 0.6 is 27.3 Å². The smallest absolute Gasteiger partial charge is 0.0702 e. The topological polar surface area (TPSA) is 47.3 Å². The second kappa shape index (κ2) is 6.60. The van der Waals surface area contributed by atoms with Crippen LogP contribution in [-0.2, 0) is 4.74 Å². The number of nitrogens with two attached hydrogens (primary N) is 1. The maximum atomic E-state index is 5.59. The molecule has 2 atom stereocenters. The molecular weight excluding hydrogens is 276 g/mol. The molecule has 0 aliphatic heterocycles. The highest BCUT2D eigenvalue weighted by atomic mass is 79.9. The minimum absolute atomic E-state index is 0.205. The van der Waals surface area contributed by atoms with Crippen molar-refractivity contribution in [2.45, 2.75) is 19.4 Å². The molecule has 0 fully saturated rings. The molecule has 1 rings (SSSR count). The van der Waals surface area contributed by atoms with Gasteiger partial charge in [0, 0.05) is 18.6 Å². The number of hydrazine groups is 1. The first-order chi connectivity index (χ1) is 7.19. The van der Waals surface area contributed by atoms with Crippen molar-refractivity contribution in [1.82, 2.24) is 5.43 Å². The van der Waals surface area contributed by atoms with Crippen LogP contribution in [-0.4, -0.2) is 13.7 Å². The van der Waals surface area contributed by atoms with Crippen LogP contribution in [0.15, 0.2) is 15.9 Å². The van der Waals surface area contributed by atoms with E-state index < -0.39 is 0 Å². The summed E-state index contributed by atoms with van der Waals surface area (Å²) in [6.45, 7) is 2.95. The lowest BCUT2D eigenvalue weighted by Crippen LogP contribution is -2.32. The van der Waals surface area contributed by atoms with Gasteiger partial charge in [-0.2, -0.15) is 0 Å². The fourth-order valence-electron chi connectivity index (χ4n) is 1.49. The molecule has 86 valence electrons. The zero-order valence-corrected chi connectivity index (χ0v) is 11.4. The van der Waals surface area contributed by atoms with E-state index in [1.54, 1.807) is 18.4 Å². The Labute approximate surface area is 103 Å². The summed E-state index contributed by atoms with van der Waals surface area (Å²) < 4.78 is 6.21. The number of hydrogen-bond donors (Lipinski definition) is 2. The summed E-state index contributed by atoms with van der Waals surface area (Å²) in [7, 11) is 1.72. The maximum Gasteiger partial charge on any atom is 0.0702 e. The Morgan fingerprint density at radius 2 is 2.33 bits per heavy atom. The van der Waals surface area contributed by atoms with Crippen molar-refractivity contribution in [2.24, 2.45) is 11.8 Å². The molecule has 0 radical (unpaired) electrons. The second-order valence-corrected chi connectivity index (χ2v) is 6.04. The van der Waals surface area contributed by atoms with Crippen molar-refractivity contribution >= 4 is 27.3 Å². The molecule has 3 N–H and O–H groups in total. The lowest BCUT2D eigenvalue weighted by atomic mass is 9.98. The number of halogens is 1. The molecule has 1 heterocycles. The summed E-state index contributed by atoms with van der Waals surface area (Å²) >= 11 is 5.17. The average Bonchev–Trinajstić information content (AvgIpc) is 2.63. The van der Waals surface area contributed by atoms with Crippen molar-refractivity contribution in [1.29, 1.82) is 0 Å². The van der Waals surface area contributed by atoms with E-state index in [4.69, 9.17) is 10.6 Å². The van der Waals surface area contributed by atoms with Crippen LogP contribution in [0, 0.1) is 5.92 Å². The summed E-state index contributed by atoms with van der Waals surface area (Å²) in [6.07, 6.45) is 1.00. The highest BCUT2D eigenvalue weighted by molar-refractivity contribution is 9.11. The lowest BCUT2D eigenvalue weighted by molar-refractivity contribution is 0.170. The normalized spacial score (nSPS) is 15.2. The van der Waals surface area contributed by atoms with Gasteiger partial charge in [0.2, 0.25) is 0 Å². The summed E-state index contributed by atoms with van der Waals surface area (Å²) in [6, 6.07) is 4.35. The minimum atomic E-state index is 0.205. The molecule has 1 aromatic heterocycles. The summed E-state index contributed by atoms with van der Waals surface area (Å²) in [5.74, 6) is 6.05. The van der Waals surface area contributed by atoms with Gasteiger partial charge in [-0.15, -0.1) is 11.3 Å². The number of hydrogen-bond acceptors (Lipinski definition) is 4. The summed E-state index contributed by atoms with van der Waals surface area (Å²) in [5, 5.41) is 0. The summed E-state index contributed by atoms with van der Waals surface area (Å²) in [5.41, 5.74) is 2.87. The van der Waals surface area contributed by atoms with E-state index in [1.165, 1.54) is 4.88 Å². The first-order valence-electron chi connectivity index (χ1n) is 4.89. The molecule has 0 aliphatic carbocycles. The average molecular weight is 293 g/mol. The highest BCUT2D eigenvalue weighted by Crippen LogP contribution is 2.31. The fraction of sp³-hybridized carbons (Fsp3) is 0.600. The zero-order valence-electron chi connectivity index (χ0n) is 9.00. The van der Waals surface area contributed by atoms with Crippen molar-refractivity contribution in [2.75, 3.05) is 13.7 Å². The van der Waals surface area contributed by atoms with Crippen LogP contribution in [0.25, 0.3) is 0 Å². The molecule has 5 heteroatoms. The van der Waals surface area contributed by atoms with Crippen LogP contribution in [0.4, 0.5) is 0 Å². The van der Waals surface area contributed by atoms with Gasteiger partial charge in [0.25, 0.3) is 0 Å². The molecule has 0 saturated heterocycles. The molecular formula is C10H17BrN2OS. The predicted molar refractivity (Wildman–Crippen MR) is 67.7 cm³/mol. The molecule has 0 aromatic carbocycles. The number of rotatable bonds is 6. The molecule has 0 aliphatic rings. The Morgan fingerprint density at radius 3 is 2.80 bits per heavy atom. The van der Waals surface area contributed by atoms with E-state index >= 15 is 0 Å². The molecule has 1 aromatic rings. The van der Waals surface area contributed by atoms with Crippen molar-refractivity contribution in [3.8, 4) is 0 Å². The Hall–Kier alpha value is 0.0600. The summed E-state index contributed by atoms with van der Waals surface area (Å²) in [4.78, 5) is 1.26. The third-order valence-electron chi connectivity index (χ3n) is 2.43. The lowest BCUT2D eigenvalue weighted by Gasteiger charge is -2.21. The Morgan fingerprint density at radius 1 is 1.60 bits per heavy atom. The van der Waals surface area contributed by atoms with E-state index in [0.717, 1.165) is 16.8 Å². The molecule has 0 amide bonds. The van der Waals surface area contributed by atoms with E-state index in [1.807, 2.05) is 6.07 Å². The highest BCUT2D eigenvalue weighted by Gasteiger charge is 2.19. The van der Waals surface area contributed by atoms with Crippen LogP contribution in [0.2, 0.25) is 0 Å². The minimum Gasteiger partial charge on any atom is -0.385 e. The van der Waals surface area contributed by atoms with Crippen molar-refractivity contribution in [3.63, 3.8) is 0 Å². The molecule has 0 saturated carbocycles. The monoisotopic (exact) mass is 292 g/mol. The predicted octanol–water partition coefficient (Wildman–Crippen LogP) is 2.69. The third kappa shape index (κ3) is 3.85. The van der Waals surface area contributed by atoms with Crippen molar-refractivity contribution in [3.05, 3.63) is 20.8 Å². The number of thiophene rings is 1. The van der Waals surface area contributed by atoms with E-state index in [0.29, 0.717) is 5.92 Å². The Bertz CT molecular complexity index is 293. The van der Waals surface area contributed by atoms with Gasteiger partial charge in [-0.05, 0) is 40.4 Å². The van der Waals surface area contributed by atoms with Gasteiger partial charge in [-0.3, -0.25) is 11.3 Å². The fourth-order valence-corrected chi connectivity index (χ4v) is 3.11. The first kappa shape index (κ1) is 13.1. The maximum absolute atomic E-state index is 5.59. The Kier molecular flexibility index (Phi) is 5.78. The Balaban J connectivity index is 2.62. The van der Waals surface area contributed by atoms with Gasteiger partial charge < -0.3 is 4.74 Å². The van der Waals surface area contributed by atoms with E-state index in [9.17, 15) is 0 Å². The van der Waals surface area contributed by atoms with Crippen LogP contribution in [0.3, 0.4) is 0 Å².